The maximum Gasteiger partial charge on any atom is 0.295 e. The molecule has 0 heterocycles. The third-order valence-corrected chi connectivity index (χ3v) is 2.07. The van der Waals surface area contributed by atoms with Gasteiger partial charge in [-0.2, -0.15) is 8.78 Å². The summed E-state index contributed by atoms with van der Waals surface area (Å²) in [5.41, 5.74) is 5.18. The molecule has 2 nitrogen and oxygen atoms in total. The van der Waals surface area contributed by atoms with Crippen LogP contribution >= 0.6 is 0 Å². The molecule has 0 aromatic heterocycles. The molecule has 0 fully saturated rings. The van der Waals surface area contributed by atoms with Crippen molar-refractivity contribution < 1.29 is 18.3 Å². The fourth-order valence-electron chi connectivity index (χ4n) is 1.18. The van der Waals surface area contributed by atoms with E-state index in [0.29, 0.717) is 6.07 Å². The molecule has 0 radical (unpaired) electrons. The Hall–Kier alpha value is -1.07. The number of alkyl halides is 2. The number of aliphatic hydroxyl groups is 1. The molecule has 5 heteroatoms. The van der Waals surface area contributed by atoms with E-state index >= 15 is 0 Å². The SMILES string of the molecule is C[C@@H](N)c1cc(F)cc(C(F)(F)CO)c1. The van der Waals surface area contributed by atoms with Crippen LogP contribution in [-0.2, 0) is 5.92 Å². The number of hydrogen-bond acceptors (Lipinski definition) is 2. The van der Waals surface area contributed by atoms with E-state index < -0.39 is 30.0 Å². The smallest absolute Gasteiger partial charge is 0.295 e. The number of nitrogens with two attached hydrogens (primary N) is 1. The van der Waals surface area contributed by atoms with Gasteiger partial charge in [0.25, 0.3) is 5.92 Å². The van der Waals surface area contributed by atoms with E-state index in [1.807, 2.05) is 0 Å². The number of hydrogen-bond donors (Lipinski definition) is 2. The molecule has 1 aromatic rings. The van der Waals surface area contributed by atoms with Gasteiger partial charge < -0.3 is 10.8 Å². The van der Waals surface area contributed by atoms with E-state index in [9.17, 15) is 13.2 Å². The summed E-state index contributed by atoms with van der Waals surface area (Å²) >= 11 is 0. The van der Waals surface area contributed by atoms with Crippen molar-refractivity contribution in [1.82, 2.24) is 0 Å². The summed E-state index contributed by atoms with van der Waals surface area (Å²) in [6.07, 6.45) is 0. The molecule has 0 amide bonds. The van der Waals surface area contributed by atoms with Crippen molar-refractivity contribution in [2.24, 2.45) is 5.73 Å². The molecule has 0 saturated carbocycles. The second kappa shape index (κ2) is 4.20. The van der Waals surface area contributed by atoms with Crippen molar-refractivity contribution in [1.29, 1.82) is 0 Å². The molecule has 0 unspecified atom stereocenters. The van der Waals surface area contributed by atoms with Crippen LogP contribution in [0.15, 0.2) is 18.2 Å². The molecule has 84 valence electrons. The van der Waals surface area contributed by atoms with Gasteiger partial charge in [-0.25, -0.2) is 4.39 Å². The lowest BCUT2D eigenvalue weighted by atomic mass is 10.0. The molecule has 1 rings (SSSR count). The first kappa shape index (κ1) is 12.0. The van der Waals surface area contributed by atoms with Gasteiger partial charge in [-0.1, -0.05) is 0 Å². The Bertz CT molecular complexity index is 353. The zero-order chi connectivity index (χ0) is 11.6. The van der Waals surface area contributed by atoms with Crippen LogP contribution in [-0.4, -0.2) is 11.7 Å². The Morgan fingerprint density at radius 3 is 2.47 bits per heavy atom. The average Bonchev–Trinajstić information content (AvgIpc) is 2.16. The van der Waals surface area contributed by atoms with Crippen LogP contribution in [0.25, 0.3) is 0 Å². The second-order valence-corrected chi connectivity index (χ2v) is 3.42. The van der Waals surface area contributed by atoms with Gasteiger partial charge in [-0.05, 0) is 30.7 Å². The normalized spacial score (nSPS) is 14.0. The lowest BCUT2D eigenvalue weighted by molar-refractivity contribution is -0.0558. The van der Waals surface area contributed by atoms with Crippen molar-refractivity contribution in [3.63, 3.8) is 0 Å². The molecule has 1 aromatic carbocycles. The molecular formula is C10H12F3NO. The largest absolute Gasteiger partial charge is 0.390 e. The maximum atomic E-state index is 13.1. The van der Waals surface area contributed by atoms with Crippen molar-refractivity contribution >= 4 is 0 Å². The molecule has 0 bridgehead atoms. The summed E-state index contributed by atoms with van der Waals surface area (Å²) in [4.78, 5) is 0. The highest BCUT2D eigenvalue weighted by Gasteiger charge is 2.31. The van der Waals surface area contributed by atoms with Crippen molar-refractivity contribution in [3.8, 4) is 0 Å². The van der Waals surface area contributed by atoms with E-state index in [1.165, 1.54) is 0 Å². The van der Waals surface area contributed by atoms with Gasteiger partial charge in [0.05, 0.1) is 0 Å². The summed E-state index contributed by atoms with van der Waals surface area (Å²) in [7, 11) is 0. The molecule has 0 spiro atoms. The fraction of sp³-hybridized carbons (Fsp3) is 0.400. The van der Waals surface area contributed by atoms with Gasteiger partial charge in [0.1, 0.15) is 12.4 Å². The van der Waals surface area contributed by atoms with Gasteiger partial charge in [-0.3, -0.25) is 0 Å². The second-order valence-electron chi connectivity index (χ2n) is 3.42. The first-order valence-corrected chi connectivity index (χ1v) is 4.42. The zero-order valence-electron chi connectivity index (χ0n) is 8.17. The lowest BCUT2D eigenvalue weighted by Gasteiger charge is -2.16. The van der Waals surface area contributed by atoms with Gasteiger partial charge in [0.15, 0.2) is 0 Å². The third-order valence-electron chi connectivity index (χ3n) is 2.07. The van der Waals surface area contributed by atoms with E-state index in [0.717, 1.165) is 12.1 Å². The van der Waals surface area contributed by atoms with Crippen LogP contribution in [0.5, 0.6) is 0 Å². The number of rotatable bonds is 3. The summed E-state index contributed by atoms with van der Waals surface area (Å²) in [5, 5.41) is 8.46. The summed E-state index contributed by atoms with van der Waals surface area (Å²) < 4.78 is 39.1. The molecular weight excluding hydrogens is 207 g/mol. The van der Waals surface area contributed by atoms with Gasteiger partial charge in [0, 0.05) is 11.6 Å². The maximum absolute atomic E-state index is 13.1. The molecule has 15 heavy (non-hydrogen) atoms. The number of benzene rings is 1. The van der Waals surface area contributed by atoms with Crippen LogP contribution in [0.3, 0.4) is 0 Å². The van der Waals surface area contributed by atoms with Crippen molar-refractivity contribution in [2.75, 3.05) is 6.61 Å². The van der Waals surface area contributed by atoms with Crippen LogP contribution in [0.1, 0.15) is 24.1 Å². The highest BCUT2D eigenvalue weighted by atomic mass is 19.3. The lowest BCUT2D eigenvalue weighted by Crippen LogP contribution is -2.19. The van der Waals surface area contributed by atoms with E-state index in [2.05, 4.69) is 0 Å². The molecule has 0 aliphatic heterocycles. The predicted octanol–water partition coefficient (Wildman–Crippen LogP) is 1.93. The Morgan fingerprint density at radius 2 is 2.00 bits per heavy atom. The van der Waals surface area contributed by atoms with Crippen LogP contribution < -0.4 is 5.73 Å². The number of halogens is 3. The Labute approximate surface area is 85.5 Å². The van der Waals surface area contributed by atoms with Gasteiger partial charge >= 0.3 is 0 Å². The quantitative estimate of drug-likeness (QED) is 0.815. The first-order chi connectivity index (χ1) is 6.86. The first-order valence-electron chi connectivity index (χ1n) is 4.42. The van der Waals surface area contributed by atoms with Crippen LogP contribution in [0.2, 0.25) is 0 Å². The van der Waals surface area contributed by atoms with Gasteiger partial charge in [0.2, 0.25) is 0 Å². The summed E-state index contributed by atoms with van der Waals surface area (Å²) in [6.45, 7) is 0.213. The van der Waals surface area contributed by atoms with Crippen LogP contribution in [0.4, 0.5) is 13.2 Å². The summed E-state index contributed by atoms with van der Waals surface area (Å²) in [6, 6.07) is 2.36. The van der Waals surface area contributed by atoms with E-state index in [1.54, 1.807) is 6.92 Å². The fourth-order valence-corrected chi connectivity index (χ4v) is 1.18. The zero-order valence-corrected chi connectivity index (χ0v) is 8.17. The number of aliphatic hydroxyl groups excluding tert-OH is 1. The molecule has 0 saturated heterocycles. The highest BCUT2D eigenvalue weighted by Crippen LogP contribution is 2.29. The predicted molar refractivity (Wildman–Crippen MR) is 50.0 cm³/mol. The highest BCUT2D eigenvalue weighted by molar-refractivity contribution is 5.29. The van der Waals surface area contributed by atoms with E-state index in [4.69, 9.17) is 10.8 Å². The summed E-state index contributed by atoms with van der Waals surface area (Å²) in [5.74, 6) is -4.22. The monoisotopic (exact) mass is 219 g/mol. The van der Waals surface area contributed by atoms with Gasteiger partial charge in [-0.15, -0.1) is 0 Å². The minimum absolute atomic E-state index is 0.276. The van der Waals surface area contributed by atoms with Crippen molar-refractivity contribution in [3.05, 3.63) is 35.1 Å². The van der Waals surface area contributed by atoms with Crippen molar-refractivity contribution in [2.45, 2.75) is 18.9 Å². The molecule has 1 atom stereocenters. The third kappa shape index (κ3) is 2.70. The molecule has 3 N–H and O–H groups in total. The minimum atomic E-state index is -3.44. The Kier molecular flexibility index (Phi) is 3.36. The molecule has 0 aliphatic carbocycles. The molecule has 0 aliphatic rings. The van der Waals surface area contributed by atoms with E-state index in [-0.39, 0.29) is 5.56 Å². The Morgan fingerprint density at radius 1 is 1.40 bits per heavy atom. The topological polar surface area (TPSA) is 46.2 Å². The standard InChI is InChI=1S/C10H12F3NO/c1-6(14)7-2-8(4-9(11)3-7)10(12,13)5-15/h2-4,6,15H,5,14H2,1H3/t6-/m1/s1. The minimum Gasteiger partial charge on any atom is -0.390 e. The average molecular weight is 219 g/mol. The Balaban J connectivity index is 3.20. The van der Waals surface area contributed by atoms with Crippen LogP contribution in [0, 0.1) is 5.82 Å².